The van der Waals surface area contributed by atoms with Crippen molar-refractivity contribution in [3.05, 3.63) is 34.8 Å². The third-order valence-corrected chi connectivity index (χ3v) is 7.30. The van der Waals surface area contributed by atoms with Crippen LogP contribution in [-0.2, 0) is 9.84 Å². The molecule has 8 nitrogen and oxygen atoms in total. The SMILES string of the molecule is CS(=O)(=O)c1ccc(OCC2CC2)c(C(=O)N2CCN(c3ncc(C#N)s3)CC2)c1. The molecule has 1 aliphatic heterocycles. The van der Waals surface area contributed by atoms with Crippen molar-refractivity contribution in [2.45, 2.75) is 17.7 Å². The van der Waals surface area contributed by atoms with Gasteiger partial charge in [-0.05, 0) is 37.0 Å². The van der Waals surface area contributed by atoms with Crippen LogP contribution >= 0.6 is 11.3 Å². The molecule has 1 saturated carbocycles. The first-order valence-corrected chi connectivity index (χ1v) is 12.4. The van der Waals surface area contributed by atoms with Crippen molar-refractivity contribution in [2.24, 2.45) is 5.92 Å². The zero-order valence-corrected chi connectivity index (χ0v) is 18.2. The second kappa shape index (κ2) is 8.24. The fourth-order valence-corrected chi connectivity index (χ4v) is 4.67. The number of piperazine rings is 1. The Morgan fingerprint density at radius 3 is 2.63 bits per heavy atom. The summed E-state index contributed by atoms with van der Waals surface area (Å²) in [7, 11) is -3.44. The van der Waals surface area contributed by atoms with E-state index in [0.717, 1.165) is 24.2 Å². The van der Waals surface area contributed by atoms with Gasteiger partial charge in [-0.1, -0.05) is 11.3 Å². The molecular formula is C20H22N4O4S2. The molecule has 0 spiro atoms. The monoisotopic (exact) mass is 446 g/mol. The average molecular weight is 447 g/mol. The number of ether oxygens (including phenoxy) is 1. The summed E-state index contributed by atoms with van der Waals surface area (Å²) in [5, 5.41) is 9.74. The summed E-state index contributed by atoms with van der Waals surface area (Å²) in [5.41, 5.74) is 0.285. The zero-order chi connectivity index (χ0) is 21.3. The third-order valence-electron chi connectivity index (χ3n) is 5.22. The van der Waals surface area contributed by atoms with Crippen LogP contribution in [0.15, 0.2) is 29.3 Å². The van der Waals surface area contributed by atoms with Gasteiger partial charge in [-0.15, -0.1) is 0 Å². The van der Waals surface area contributed by atoms with Crippen molar-refractivity contribution in [3.63, 3.8) is 0 Å². The predicted molar refractivity (Wildman–Crippen MR) is 113 cm³/mol. The van der Waals surface area contributed by atoms with E-state index < -0.39 is 9.84 Å². The third kappa shape index (κ3) is 4.57. The largest absolute Gasteiger partial charge is 0.492 e. The Labute approximate surface area is 179 Å². The van der Waals surface area contributed by atoms with Crippen molar-refractivity contribution < 1.29 is 17.9 Å². The van der Waals surface area contributed by atoms with Gasteiger partial charge in [0, 0.05) is 32.4 Å². The van der Waals surface area contributed by atoms with E-state index in [-0.39, 0.29) is 16.4 Å². The lowest BCUT2D eigenvalue weighted by Crippen LogP contribution is -2.48. The lowest BCUT2D eigenvalue weighted by atomic mass is 10.1. The molecule has 1 aromatic carbocycles. The number of aromatic nitrogens is 1. The highest BCUT2D eigenvalue weighted by Crippen LogP contribution is 2.32. The van der Waals surface area contributed by atoms with Crippen LogP contribution < -0.4 is 9.64 Å². The molecule has 4 rings (SSSR count). The highest BCUT2D eigenvalue weighted by molar-refractivity contribution is 7.90. The molecule has 158 valence electrons. The first-order chi connectivity index (χ1) is 14.3. The second-order valence-electron chi connectivity index (χ2n) is 7.58. The van der Waals surface area contributed by atoms with Gasteiger partial charge >= 0.3 is 0 Å². The number of rotatable bonds is 6. The number of carbonyl (C=O) groups excluding carboxylic acids is 1. The van der Waals surface area contributed by atoms with Crippen LogP contribution in [0, 0.1) is 17.2 Å². The molecule has 2 heterocycles. The van der Waals surface area contributed by atoms with Crippen LogP contribution in [0.4, 0.5) is 5.13 Å². The highest BCUT2D eigenvalue weighted by atomic mass is 32.2. The van der Waals surface area contributed by atoms with E-state index in [0.29, 0.717) is 49.3 Å². The van der Waals surface area contributed by atoms with Crippen LogP contribution in [0.5, 0.6) is 5.75 Å². The van der Waals surface area contributed by atoms with Gasteiger partial charge in [0.25, 0.3) is 5.91 Å². The zero-order valence-electron chi connectivity index (χ0n) is 16.6. The molecule has 30 heavy (non-hydrogen) atoms. The van der Waals surface area contributed by atoms with Crippen LogP contribution in [-0.4, -0.2) is 63.3 Å². The second-order valence-corrected chi connectivity index (χ2v) is 10.6. The fraction of sp³-hybridized carbons (Fsp3) is 0.450. The summed E-state index contributed by atoms with van der Waals surface area (Å²) in [4.78, 5) is 21.9. The molecule has 1 amide bonds. The number of nitriles is 1. The van der Waals surface area contributed by atoms with E-state index in [9.17, 15) is 13.2 Å². The maximum Gasteiger partial charge on any atom is 0.257 e. The molecule has 2 aliphatic rings. The summed E-state index contributed by atoms with van der Waals surface area (Å²) in [5.74, 6) is 0.714. The standard InChI is InChI=1S/C20H22N4O4S2/c1-30(26,27)16-4-5-18(28-13-14-2-3-14)17(10-16)19(25)23-6-8-24(9-7-23)20-22-12-15(11-21)29-20/h4-5,10,12,14H,2-3,6-9,13H2,1H3. The number of anilines is 1. The summed E-state index contributed by atoms with van der Waals surface area (Å²) >= 11 is 1.33. The van der Waals surface area contributed by atoms with Crippen LogP contribution in [0.1, 0.15) is 28.1 Å². The Kier molecular flexibility index (Phi) is 5.66. The summed E-state index contributed by atoms with van der Waals surface area (Å²) < 4.78 is 29.8. The Hall–Kier alpha value is -2.64. The van der Waals surface area contributed by atoms with E-state index >= 15 is 0 Å². The van der Waals surface area contributed by atoms with Gasteiger partial charge in [0.2, 0.25) is 0 Å². The molecule has 0 unspecified atom stereocenters. The van der Waals surface area contributed by atoms with Crippen LogP contribution in [0.3, 0.4) is 0 Å². The number of thiazole rings is 1. The summed E-state index contributed by atoms with van der Waals surface area (Å²) in [6.45, 7) is 2.68. The normalized spacial score (nSPS) is 16.9. The number of benzene rings is 1. The molecule has 0 N–H and O–H groups in total. The minimum Gasteiger partial charge on any atom is -0.492 e. The number of hydrogen-bond acceptors (Lipinski definition) is 8. The number of hydrogen-bond donors (Lipinski definition) is 0. The highest BCUT2D eigenvalue weighted by Gasteiger charge is 2.28. The Morgan fingerprint density at radius 2 is 2.03 bits per heavy atom. The Morgan fingerprint density at radius 1 is 1.30 bits per heavy atom. The lowest BCUT2D eigenvalue weighted by molar-refractivity contribution is 0.0741. The maximum absolute atomic E-state index is 13.2. The number of sulfone groups is 1. The van der Waals surface area contributed by atoms with Crippen molar-refractivity contribution in [1.29, 1.82) is 5.26 Å². The molecule has 2 fully saturated rings. The number of carbonyl (C=O) groups is 1. The molecule has 2 aromatic rings. The first kappa shape index (κ1) is 20.6. The first-order valence-electron chi connectivity index (χ1n) is 9.72. The summed E-state index contributed by atoms with van der Waals surface area (Å²) in [6.07, 6.45) is 4.93. The molecule has 1 aromatic heterocycles. The van der Waals surface area contributed by atoms with Crippen molar-refractivity contribution in [2.75, 3.05) is 43.9 Å². The smallest absolute Gasteiger partial charge is 0.257 e. The molecule has 1 aliphatic carbocycles. The molecule has 1 saturated heterocycles. The van der Waals surface area contributed by atoms with Gasteiger partial charge in [0.15, 0.2) is 15.0 Å². The van der Waals surface area contributed by atoms with Gasteiger partial charge in [0.05, 0.1) is 23.3 Å². The summed E-state index contributed by atoms with van der Waals surface area (Å²) in [6, 6.07) is 6.58. The number of amides is 1. The van der Waals surface area contributed by atoms with E-state index in [1.807, 2.05) is 4.90 Å². The van der Waals surface area contributed by atoms with Gasteiger partial charge in [0.1, 0.15) is 16.7 Å². The molecule has 0 radical (unpaired) electrons. The van der Waals surface area contributed by atoms with Gasteiger partial charge in [-0.2, -0.15) is 5.26 Å². The van der Waals surface area contributed by atoms with Crippen molar-refractivity contribution in [3.8, 4) is 11.8 Å². The van der Waals surface area contributed by atoms with E-state index in [1.54, 1.807) is 17.2 Å². The topological polar surface area (TPSA) is 104 Å². The Bertz CT molecular complexity index is 1090. The fourth-order valence-electron chi connectivity index (χ4n) is 3.26. The van der Waals surface area contributed by atoms with Crippen LogP contribution in [0.2, 0.25) is 0 Å². The molecular weight excluding hydrogens is 424 g/mol. The molecule has 0 atom stereocenters. The minimum atomic E-state index is -3.44. The van der Waals surface area contributed by atoms with E-state index in [4.69, 9.17) is 10.00 Å². The van der Waals surface area contributed by atoms with Crippen molar-refractivity contribution in [1.82, 2.24) is 9.88 Å². The lowest BCUT2D eigenvalue weighted by Gasteiger charge is -2.34. The Balaban J connectivity index is 1.50. The van der Waals surface area contributed by atoms with E-state index in [1.165, 1.54) is 23.5 Å². The molecule has 0 bridgehead atoms. The predicted octanol–water partition coefficient (Wildman–Crippen LogP) is 2.17. The quantitative estimate of drug-likeness (QED) is 0.670. The minimum absolute atomic E-state index is 0.107. The maximum atomic E-state index is 13.2. The average Bonchev–Trinajstić information content (AvgIpc) is 3.45. The van der Waals surface area contributed by atoms with Gasteiger partial charge in [-0.25, -0.2) is 13.4 Å². The van der Waals surface area contributed by atoms with E-state index in [2.05, 4.69) is 11.1 Å². The van der Waals surface area contributed by atoms with Gasteiger partial charge in [-0.3, -0.25) is 4.79 Å². The van der Waals surface area contributed by atoms with Crippen LogP contribution in [0.25, 0.3) is 0 Å². The molecule has 10 heteroatoms. The van der Waals surface area contributed by atoms with Crippen molar-refractivity contribution >= 4 is 32.2 Å². The number of nitrogens with zero attached hydrogens (tertiary/aromatic N) is 4. The van der Waals surface area contributed by atoms with Gasteiger partial charge < -0.3 is 14.5 Å².